The monoisotopic (exact) mass is 298 g/mol. The molecule has 0 aliphatic heterocycles. The minimum atomic E-state index is -3.67. The van der Waals surface area contributed by atoms with Crippen molar-refractivity contribution in [2.24, 2.45) is 5.84 Å². The summed E-state index contributed by atoms with van der Waals surface area (Å²) in [5, 5.41) is 0. The number of hydrazine groups is 1. The van der Waals surface area contributed by atoms with Gasteiger partial charge in [0.1, 0.15) is 5.75 Å². The quantitative estimate of drug-likeness (QED) is 0.383. The third-order valence-electron chi connectivity index (χ3n) is 1.52. The third kappa shape index (κ3) is 7.19. The van der Waals surface area contributed by atoms with Crippen molar-refractivity contribution < 1.29 is 26.1 Å². The molecule has 0 aliphatic carbocycles. The molecule has 1 aromatic carbocycles. The summed E-state index contributed by atoms with van der Waals surface area (Å²) < 4.78 is 53.0. The van der Waals surface area contributed by atoms with Crippen molar-refractivity contribution in [2.45, 2.75) is 4.90 Å². The summed E-state index contributed by atoms with van der Waals surface area (Å²) in [5.41, 5.74) is 0. The van der Waals surface area contributed by atoms with Gasteiger partial charge in [-0.3, -0.25) is 10.4 Å². The van der Waals surface area contributed by atoms with Crippen molar-refractivity contribution in [1.82, 2.24) is 4.83 Å². The zero-order chi connectivity index (χ0) is 14.4. The van der Waals surface area contributed by atoms with Crippen LogP contribution in [-0.2, 0) is 20.1 Å². The smallest absolute Gasteiger partial charge is 0.261 e. The molecular weight excluding hydrogens is 284 g/mol. The number of benzene rings is 1. The van der Waals surface area contributed by atoms with Gasteiger partial charge in [-0.2, -0.15) is 13.2 Å². The largest absolute Gasteiger partial charge is 0.497 e. The second-order valence-corrected chi connectivity index (χ2v) is 6.21. The maximum atomic E-state index is 11.1. The van der Waals surface area contributed by atoms with E-state index in [4.69, 9.17) is 15.1 Å². The molecule has 104 valence electrons. The maximum Gasteiger partial charge on any atom is 0.261 e. The summed E-state index contributed by atoms with van der Waals surface area (Å²) in [4.78, 5) is 1.83. The van der Waals surface area contributed by atoms with Gasteiger partial charge in [0.15, 0.2) is 0 Å². The van der Waals surface area contributed by atoms with Crippen LogP contribution in [0, 0.1) is 0 Å². The molecule has 0 fully saturated rings. The minimum Gasteiger partial charge on any atom is -0.497 e. The number of rotatable bonds is 3. The highest BCUT2D eigenvalue weighted by Crippen LogP contribution is 2.14. The molecular formula is C8H14N2O6S2. The van der Waals surface area contributed by atoms with Crippen LogP contribution in [0.1, 0.15) is 0 Å². The molecule has 1 rings (SSSR count). The fraction of sp³-hybridized carbons (Fsp3) is 0.250. The highest BCUT2D eigenvalue weighted by atomic mass is 32.2. The Kier molecular flexibility index (Phi) is 6.21. The second kappa shape index (κ2) is 6.66. The molecule has 0 aromatic heterocycles. The Morgan fingerprint density at radius 3 is 1.83 bits per heavy atom. The highest BCUT2D eigenvalue weighted by molar-refractivity contribution is 7.89. The molecule has 4 N–H and O–H groups in total. The number of nitrogens with one attached hydrogen (secondary N) is 1. The van der Waals surface area contributed by atoms with Crippen LogP contribution in [0.4, 0.5) is 0 Å². The Labute approximate surface area is 106 Å². The molecule has 0 unspecified atom stereocenters. The zero-order valence-corrected chi connectivity index (χ0v) is 11.3. The van der Waals surface area contributed by atoms with E-state index < -0.39 is 20.1 Å². The Morgan fingerprint density at radius 1 is 1.17 bits per heavy atom. The molecule has 10 heteroatoms. The second-order valence-electron chi connectivity index (χ2n) is 3.03. The van der Waals surface area contributed by atoms with E-state index in [9.17, 15) is 16.8 Å². The summed E-state index contributed by atoms with van der Waals surface area (Å²) in [5.74, 6) is 5.43. The van der Waals surface area contributed by atoms with Crippen LogP contribution in [0.25, 0.3) is 0 Å². The Hall–Kier alpha value is -1.20. The van der Waals surface area contributed by atoms with Crippen LogP contribution in [-0.4, -0.2) is 34.8 Å². The van der Waals surface area contributed by atoms with E-state index in [0.717, 1.165) is 0 Å². The van der Waals surface area contributed by atoms with Crippen LogP contribution >= 0.6 is 0 Å². The van der Waals surface area contributed by atoms with Crippen molar-refractivity contribution in [1.29, 1.82) is 0 Å². The number of hydrogen-bond acceptors (Lipinski definition) is 6. The van der Waals surface area contributed by atoms with Gasteiger partial charge in [0, 0.05) is 0 Å². The molecule has 8 nitrogen and oxygen atoms in total. The molecule has 18 heavy (non-hydrogen) atoms. The van der Waals surface area contributed by atoms with Gasteiger partial charge in [-0.1, -0.05) is 0 Å². The average molecular weight is 298 g/mol. The zero-order valence-electron chi connectivity index (χ0n) is 9.69. The predicted octanol–water partition coefficient (Wildman–Crippen LogP) is -0.649. The molecule has 0 aliphatic rings. The number of nitrogens with two attached hydrogens (primary N) is 1. The van der Waals surface area contributed by atoms with Gasteiger partial charge in [-0.25, -0.2) is 8.42 Å². The van der Waals surface area contributed by atoms with E-state index in [0.29, 0.717) is 12.0 Å². The number of methoxy groups -OCH3 is 1. The van der Waals surface area contributed by atoms with Gasteiger partial charge in [0.2, 0.25) is 0 Å². The third-order valence-corrected chi connectivity index (χ3v) is 2.73. The number of hydrogen-bond donors (Lipinski definition) is 3. The lowest BCUT2D eigenvalue weighted by molar-refractivity contribution is 0.414. The Balaban J connectivity index is 0.000000494. The molecule has 0 atom stereocenters. The van der Waals surface area contributed by atoms with Crippen LogP contribution in [0.2, 0.25) is 0 Å². The summed E-state index contributed by atoms with van der Waals surface area (Å²) in [7, 11) is -5.71. The molecule has 0 spiro atoms. The predicted molar refractivity (Wildman–Crippen MR) is 65.0 cm³/mol. The van der Waals surface area contributed by atoms with E-state index in [-0.39, 0.29) is 4.90 Å². The summed E-state index contributed by atoms with van der Waals surface area (Å²) in [6, 6.07) is 5.91. The molecule has 0 saturated heterocycles. The molecule has 0 bridgehead atoms. The average Bonchev–Trinajstić information content (AvgIpc) is 2.27. The van der Waals surface area contributed by atoms with Crippen molar-refractivity contribution in [2.75, 3.05) is 13.4 Å². The van der Waals surface area contributed by atoms with Gasteiger partial charge in [-0.05, 0) is 24.3 Å². The standard InChI is InChI=1S/C7H10N2O3S.CH4O3S/c1-12-6-2-4-7(5-3-6)13(10,11)9-8;1-5(2,3)4/h2-5,9H,8H2,1H3;1H3,(H,2,3,4). The summed E-state index contributed by atoms with van der Waals surface area (Å²) in [6.45, 7) is 0. The van der Waals surface area contributed by atoms with Crippen molar-refractivity contribution in [3.8, 4) is 5.75 Å². The lowest BCUT2D eigenvalue weighted by Gasteiger charge is -2.02. The van der Waals surface area contributed by atoms with Crippen molar-refractivity contribution in [3.05, 3.63) is 24.3 Å². The fourth-order valence-electron chi connectivity index (χ4n) is 0.823. The van der Waals surface area contributed by atoms with Crippen molar-refractivity contribution >= 4 is 20.1 Å². The number of ether oxygens (including phenoxy) is 1. The van der Waals surface area contributed by atoms with E-state index in [2.05, 4.69) is 0 Å². The maximum absolute atomic E-state index is 11.1. The SMILES string of the molecule is COc1ccc(S(=O)(=O)NN)cc1.CS(=O)(=O)O. The van der Waals surface area contributed by atoms with Gasteiger partial charge in [0.05, 0.1) is 18.3 Å². The van der Waals surface area contributed by atoms with E-state index in [1.165, 1.54) is 19.2 Å². The molecule has 0 radical (unpaired) electrons. The molecule has 0 saturated carbocycles. The first-order valence-electron chi connectivity index (χ1n) is 4.39. The van der Waals surface area contributed by atoms with Crippen LogP contribution in [0.5, 0.6) is 5.75 Å². The minimum absolute atomic E-state index is 0.107. The first kappa shape index (κ1) is 16.8. The first-order valence-corrected chi connectivity index (χ1v) is 7.72. The Bertz CT molecular complexity index is 556. The van der Waals surface area contributed by atoms with Crippen LogP contribution < -0.4 is 15.4 Å². The van der Waals surface area contributed by atoms with Crippen LogP contribution in [0.3, 0.4) is 0 Å². The highest BCUT2D eigenvalue weighted by Gasteiger charge is 2.10. The van der Waals surface area contributed by atoms with E-state index in [1.54, 1.807) is 17.0 Å². The molecule has 1 aromatic rings. The molecule has 0 heterocycles. The van der Waals surface area contributed by atoms with Gasteiger partial charge in [-0.15, -0.1) is 0 Å². The van der Waals surface area contributed by atoms with Gasteiger partial charge >= 0.3 is 0 Å². The van der Waals surface area contributed by atoms with E-state index >= 15 is 0 Å². The normalized spacial score (nSPS) is 11.3. The lowest BCUT2D eigenvalue weighted by atomic mass is 10.3. The summed E-state index contributed by atoms with van der Waals surface area (Å²) >= 11 is 0. The van der Waals surface area contributed by atoms with Gasteiger partial charge < -0.3 is 4.74 Å². The van der Waals surface area contributed by atoms with Crippen molar-refractivity contribution in [3.63, 3.8) is 0 Å². The fourth-order valence-corrected chi connectivity index (χ4v) is 1.45. The summed E-state index contributed by atoms with van der Waals surface area (Å²) in [6.07, 6.45) is 0.715. The first-order chi connectivity index (χ1) is 8.10. The lowest BCUT2D eigenvalue weighted by Crippen LogP contribution is -2.30. The Morgan fingerprint density at radius 2 is 1.56 bits per heavy atom. The molecule has 0 amide bonds. The van der Waals surface area contributed by atoms with Gasteiger partial charge in [0.25, 0.3) is 20.1 Å². The number of sulfonamides is 1. The van der Waals surface area contributed by atoms with Crippen LogP contribution in [0.15, 0.2) is 29.2 Å². The van der Waals surface area contributed by atoms with E-state index in [1.807, 2.05) is 0 Å². The topological polar surface area (TPSA) is 136 Å².